The van der Waals surface area contributed by atoms with E-state index in [-0.39, 0.29) is 17.5 Å². The van der Waals surface area contributed by atoms with Crippen LogP contribution in [-0.2, 0) is 16.0 Å². The lowest BCUT2D eigenvalue weighted by Crippen LogP contribution is -2.45. The van der Waals surface area contributed by atoms with Crippen LogP contribution in [0.5, 0.6) is 5.75 Å². The van der Waals surface area contributed by atoms with E-state index < -0.39 is 11.9 Å². The van der Waals surface area contributed by atoms with Gasteiger partial charge in [0.15, 0.2) is 11.5 Å². The van der Waals surface area contributed by atoms with Crippen LogP contribution >= 0.6 is 0 Å². The molecule has 0 unspecified atom stereocenters. The summed E-state index contributed by atoms with van der Waals surface area (Å²) in [4.78, 5) is 49.4. The van der Waals surface area contributed by atoms with Gasteiger partial charge in [0.2, 0.25) is 11.8 Å². The number of primary amides is 1. The van der Waals surface area contributed by atoms with Gasteiger partial charge in [0, 0.05) is 43.9 Å². The Morgan fingerprint density at radius 1 is 1.20 bits per heavy atom. The van der Waals surface area contributed by atoms with E-state index in [4.69, 9.17) is 15.5 Å². The molecule has 0 spiro atoms. The molecule has 40 heavy (non-hydrogen) atoms. The molecule has 0 bridgehead atoms. The van der Waals surface area contributed by atoms with E-state index in [1.54, 1.807) is 20.0 Å². The number of amides is 3. The van der Waals surface area contributed by atoms with Crippen LogP contribution in [0, 0.1) is 0 Å². The largest absolute Gasteiger partial charge is 0.493 e. The number of nitrogens with two attached hydrogens (primary N) is 1. The molecule has 0 aliphatic heterocycles. The summed E-state index contributed by atoms with van der Waals surface area (Å²) in [5.41, 5.74) is 8.15. The third-order valence-electron chi connectivity index (χ3n) is 6.56. The second-order valence-corrected chi connectivity index (χ2v) is 10.2. The summed E-state index contributed by atoms with van der Waals surface area (Å²) in [6, 6.07) is 6.72. The van der Waals surface area contributed by atoms with Gasteiger partial charge in [-0.15, -0.1) is 0 Å². The number of hydrogen-bond acceptors (Lipinski definition) is 8. The van der Waals surface area contributed by atoms with Crippen LogP contribution < -0.4 is 21.1 Å². The van der Waals surface area contributed by atoms with E-state index in [1.165, 1.54) is 11.0 Å². The van der Waals surface area contributed by atoms with Crippen LogP contribution in [0.3, 0.4) is 0 Å². The molecule has 2 aromatic rings. The number of nitrogens with one attached hydrogen (secondary N) is 2. The normalized spacial score (nSPS) is 13.8. The highest BCUT2D eigenvalue weighted by Gasteiger charge is 2.30. The minimum Gasteiger partial charge on any atom is -0.493 e. The summed E-state index contributed by atoms with van der Waals surface area (Å²) in [6.07, 6.45) is 6.66. The van der Waals surface area contributed by atoms with Crippen LogP contribution in [0.1, 0.15) is 60.9 Å². The molecular formula is C29H41N7O4. The number of anilines is 2. The number of aromatic nitrogens is 2. The van der Waals surface area contributed by atoms with Crippen molar-refractivity contribution >= 4 is 29.2 Å². The molecule has 0 radical (unpaired) electrons. The molecular weight excluding hydrogens is 510 g/mol. The summed E-state index contributed by atoms with van der Waals surface area (Å²) in [5.74, 6) is 0.272. The first-order valence-corrected chi connectivity index (χ1v) is 13.7. The highest BCUT2D eigenvalue weighted by molar-refractivity contribution is 5.96. The number of rotatable bonds is 15. The maximum atomic E-state index is 12.5. The van der Waals surface area contributed by atoms with E-state index in [9.17, 15) is 14.4 Å². The van der Waals surface area contributed by atoms with Crippen molar-refractivity contribution in [3.8, 4) is 5.75 Å². The van der Waals surface area contributed by atoms with Crippen LogP contribution in [-0.4, -0.2) is 84.4 Å². The maximum absolute atomic E-state index is 12.5. The summed E-state index contributed by atoms with van der Waals surface area (Å²) in [6.45, 7) is 5.12. The Kier molecular flexibility index (Phi) is 11.0. The fraction of sp³-hybridized carbons (Fsp3) is 0.483. The van der Waals surface area contributed by atoms with Gasteiger partial charge < -0.3 is 30.9 Å². The molecule has 1 atom stereocenters. The van der Waals surface area contributed by atoms with Crippen LogP contribution in [0.25, 0.3) is 0 Å². The van der Waals surface area contributed by atoms with E-state index in [1.807, 2.05) is 50.2 Å². The highest BCUT2D eigenvalue weighted by atomic mass is 16.5. The Morgan fingerprint density at radius 3 is 2.60 bits per heavy atom. The van der Waals surface area contributed by atoms with Crippen LogP contribution in [0.2, 0.25) is 0 Å². The Balaban J connectivity index is 1.50. The van der Waals surface area contributed by atoms with E-state index in [2.05, 4.69) is 15.6 Å². The monoisotopic (exact) mass is 551 g/mol. The second-order valence-electron chi connectivity index (χ2n) is 10.2. The second kappa shape index (κ2) is 14.4. The Morgan fingerprint density at radius 2 is 1.95 bits per heavy atom. The molecule has 3 rings (SSSR count). The molecule has 11 heteroatoms. The Hall–Kier alpha value is -3.99. The molecule has 3 amide bonds. The number of carbonyl (C=O) groups excluding carboxylic acids is 3. The van der Waals surface area contributed by atoms with Gasteiger partial charge in [0.05, 0.1) is 18.0 Å². The molecule has 11 nitrogen and oxygen atoms in total. The van der Waals surface area contributed by atoms with Crippen molar-refractivity contribution in [1.29, 1.82) is 0 Å². The zero-order valence-electron chi connectivity index (χ0n) is 24.1. The van der Waals surface area contributed by atoms with Crippen molar-refractivity contribution in [1.82, 2.24) is 25.1 Å². The van der Waals surface area contributed by atoms with Crippen molar-refractivity contribution in [2.24, 2.45) is 5.73 Å². The molecule has 1 saturated carbocycles. The zero-order valence-corrected chi connectivity index (χ0v) is 24.1. The van der Waals surface area contributed by atoms with Gasteiger partial charge in [-0.05, 0) is 58.8 Å². The number of carbonyl (C=O) groups is 3. The molecule has 1 aliphatic rings. The van der Waals surface area contributed by atoms with Gasteiger partial charge in [-0.2, -0.15) is 0 Å². The van der Waals surface area contributed by atoms with Gasteiger partial charge in [0.25, 0.3) is 5.91 Å². The quantitative estimate of drug-likeness (QED) is 0.226. The lowest BCUT2D eigenvalue weighted by Gasteiger charge is -2.23. The Bertz CT molecular complexity index is 1230. The maximum Gasteiger partial charge on any atom is 0.271 e. The standard InChI is InChI=1S/C29H41N7O4/c1-6-23-25(20-13-14-20)34-28(26(33-23)27(30)38)32-21-10-7-11-22(18-21)40-17-9-15-31-29(39)19(2)36(5)24(37)12-8-16-35(3)4/h7-8,10-12,18-20H,6,9,13-17H2,1-5H3,(H2,30,38)(H,31,39)(H,32,34)/b12-8+/t19-/m0/s1. The van der Waals surface area contributed by atoms with E-state index in [0.717, 1.165) is 24.2 Å². The number of likely N-dealkylation sites (N-methyl/N-ethyl adjacent to an activating group) is 2. The van der Waals surface area contributed by atoms with Crippen LogP contribution in [0.15, 0.2) is 36.4 Å². The average molecular weight is 552 g/mol. The molecule has 1 fully saturated rings. The number of benzene rings is 1. The minimum absolute atomic E-state index is 0.120. The predicted molar refractivity (Wildman–Crippen MR) is 155 cm³/mol. The van der Waals surface area contributed by atoms with Gasteiger partial charge >= 0.3 is 0 Å². The molecule has 4 N–H and O–H groups in total. The van der Waals surface area contributed by atoms with E-state index >= 15 is 0 Å². The van der Waals surface area contributed by atoms with Crippen molar-refractivity contribution in [3.63, 3.8) is 0 Å². The number of hydrogen-bond donors (Lipinski definition) is 3. The van der Waals surface area contributed by atoms with E-state index in [0.29, 0.717) is 55.7 Å². The van der Waals surface area contributed by atoms with Gasteiger partial charge in [0.1, 0.15) is 11.8 Å². The third kappa shape index (κ3) is 8.77. The van der Waals surface area contributed by atoms with Crippen molar-refractivity contribution in [2.45, 2.75) is 51.5 Å². The minimum atomic E-state index is -0.632. The van der Waals surface area contributed by atoms with Gasteiger partial charge in [-0.3, -0.25) is 14.4 Å². The smallest absolute Gasteiger partial charge is 0.271 e. The number of aryl methyl sites for hydroxylation is 1. The average Bonchev–Trinajstić information content (AvgIpc) is 3.77. The Labute approximate surface area is 236 Å². The van der Waals surface area contributed by atoms with Crippen molar-refractivity contribution in [3.05, 3.63) is 53.5 Å². The molecule has 1 aromatic carbocycles. The first kappa shape index (κ1) is 30.6. The SMILES string of the molecule is CCc1nc(C(N)=O)c(Nc2cccc(OCCCNC(=O)[C@H](C)N(C)C(=O)/C=C/CN(C)C)c2)nc1C1CC1. The van der Waals surface area contributed by atoms with Gasteiger partial charge in [-0.1, -0.05) is 19.1 Å². The van der Waals surface area contributed by atoms with Crippen molar-refractivity contribution < 1.29 is 19.1 Å². The van der Waals surface area contributed by atoms with Crippen LogP contribution in [0.4, 0.5) is 11.5 Å². The highest BCUT2D eigenvalue weighted by Crippen LogP contribution is 2.41. The fourth-order valence-corrected chi connectivity index (χ4v) is 3.96. The summed E-state index contributed by atoms with van der Waals surface area (Å²) in [5, 5.41) is 6.04. The summed E-state index contributed by atoms with van der Waals surface area (Å²) < 4.78 is 5.87. The topological polar surface area (TPSA) is 143 Å². The lowest BCUT2D eigenvalue weighted by molar-refractivity contribution is -0.135. The molecule has 1 heterocycles. The summed E-state index contributed by atoms with van der Waals surface area (Å²) >= 11 is 0. The first-order valence-electron chi connectivity index (χ1n) is 13.7. The molecule has 1 aliphatic carbocycles. The molecule has 216 valence electrons. The fourth-order valence-electron chi connectivity index (χ4n) is 3.96. The number of nitrogens with zero attached hydrogens (tertiary/aromatic N) is 4. The van der Waals surface area contributed by atoms with Gasteiger partial charge in [-0.25, -0.2) is 9.97 Å². The van der Waals surface area contributed by atoms with Crippen molar-refractivity contribution in [2.75, 3.05) is 46.2 Å². The third-order valence-corrected chi connectivity index (χ3v) is 6.56. The zero-order chi connectivity index (χ0) is 29.2. The molecule has 1 aromatic heterocycles. The number of ether oxygens (including phenoxy) is 1. The summed E-state index contributed by atoms with van der Waals surface area (Å²) in [7, 11) is 5.44. The molecule has 0 saturated heterocycles. The lowest BCUT2D eigenvalue weighted by atomic mass is 10.1. The predicted octanol–water partition coefficient (Wildman–Crippen LogP) is 2.61. The first-order chi connectivity index (χ1) is 19.1.